The van der Waals surface area contributed by atoms with Crippen LogP contribution in [-0.2, 0) is 6.42 Å². The fourth-order valence-corrected chi connectivity index (χ4v) is 2.38. The molecule has 0 spiro atoms. The molecule has 0 radical (unpaired) electrons. The van der Waals surface area contributed by atoms with Crippen LogP contribution in [-0.4, -0.2) is 15.9 Å². The van der Waals surface area contributed by atoms with Crippen LogP contribution in [0.4, 0.5) is 5.69 Å². The molecule has 0 saturated heterocycles. The summed E-state index contributed by atoms with van der Waals surface area (Å²) in [5, 5.41) is 3.91. The lowest BCUT2D eigenvalue weighted by Gasteiger charge is -2.06. The Kier molecular flexibility index (Phi) is 3.69. The molecular weight excluding hydrogens is 262 g/mol. The van der Waals surface area contributed by atoms with Crippen molar-refractivity contribution in [1.29, 1.82) is 0 Å². The lowest BCUT2D eigenvalue weighted by Crippen LogP contribution is -2.13. The van der Waals surface area contributed by atoms with Crippen molar-refractivity contribution in [3.8, 4) is 0 Å². The van der Waals surface area contributed by atoms with Gasteiger partial charge >= 0.3 is 0 Å². The molecule has 3 rings (SSSR count). The van der Waals surface area contributed by atoms with E-state index in [0.29, 0.717) is 5.69 Å². The highest BCUT2D eigenvalue weighted by molar-refractivity contribution is 6.07. The monoisotopic (exact) mass is 279 g/mol. The largest absolute Gasteiger partial charge is 0.361 e. The van der Waals surface area contributed by atoms with Crippen LogP contribution in [0.15, 0.2) is 48.8 Å². The number of carbonyl (C=O) groups is 1. The molecule has 1 amide bonds. The summed E-state index contributed by atoms with van der Waals surface area (Å²) in [6, 6.07) is 11.5. The van der Waals surface area contributed by atoms with E-state index in [0.717, 1.165) is 35.0 Å². The molecule has 0 fully saturated rings. The maximum absolute atomic E-state index is 12.3. The first-order chi connectivity index (χ1) is 10.3. The second-order valence-corrected chi connectivity index (χ2v) is 5.00. The summed E-state index contributed by atoms with van der Waals surface area (Å²) in [5.41, 5.74) is 3.38. The molecule has 3 aromatic rings. The smallest absolute Gasteiger partial charge is 0.274 e. The number of anilines is 1. The van der Waals surface area contributed by atoms with Gasteiger partial charge in [-0.2, -0.15) is 0 Å². The van der Waals surface area contributed by atoms with E-state index >= 15 is 0 Å². The number of rotatable bonds is 4. The van der Waals surface area contributed by atoms with E-state index in [-0.39, 0.29) is 5.91 Å². The number of amides is 1. The Hall–Kier alpha value is -2.62. The minimum atomic E-state index is -0.188. The van der Waals surface area contributed by atoms with Gasteiger partial charge in [0, 0.05) is 23.3 Å². The van der Waals surface area contributed by atoms with E-state index in [1.807, 2.05) is 36.5 Å². The molecule has 4 heteroatoms. The van der Waals surface area contributed by atoms with Crippen molar-refractivity contribution in [3.63, 3.8) is 0 Å². The molecule has 0 bridgehead atoms. The van der Waals surface area contributed by atoms with Gasteiger partial charge in [-0.05, 0) is 36.2 Å². The minimum absolute atomic E-state index is 0.188. The zero-order valence-electron chi connectivity index (χ0n) is 11.9. The lowest BCUT2D eigenvalue weighted by atomic mass is 10.1. The Bertz CT molecular complexity index is 759. The van der Waals surface area contributed by atoms with Gasteiger partial charge < -0.3 is 10.3 Å². The Labute approximate surface area is 123 Å². The van der Waals surface area contributed by atoms with Crippen LogP contribution in [0.25, 0.3) is 10.9 Å². The summed E-state index contributed by atoms with van der Waals surface area (Å²) in [4.78, 5) is 19.6. The molecule has 21 heavy (non-hydrogen) atoms. The molecule has 0 atom stereocenters. The van der Waals surface area contributed by atoms with E-state index in [2.05, 4.69) is 22.2 Å². The fraction of sp³-hybridized carbons (Fsp3) is 0.176. The van der Waals surface area contributed by atoms with Crippen molar-refractivity contribution in [2.45, 2.75) is 19.8 Å². The molecule has 0 aliphatic rings. The van der Waals surface area contributed by atoms with Crippen molar-refractivity contribution in [2.75, 3.05) is 5.32 Å². The fourth-order valence-electron chi connectivity index (χ4n) is 2.38. The Balaban J connectivity index is 1.81. The number of H-pyrrole nitrogens is 1. The summed E-state index contributed by atoms with van der Waals surface area (Å²) >= 11 is 0. The average Bonchev–Trinajstić information content (AvgIpc) is 2.98. The predicted molar refractivity (Wildman–Crippen MR) is 84.5 cm³/mol. The van der Waals surface area contributed by atoms with Crippen LogP contribution in [0, 0.1) is 0 Å². The third-order valence-corrected chi connectivity index (χ3v) is 3.44. The van der Waals surface area contributed by atoms with Crippen LogP contribution < -0.4 is 5.32 Å². The zero-order valence-corrected chi connectivity index (χ0v) is 11.9. The summed E-state index contributed by atoms with van der Waals surface area (Å²) in [6.45, 7) is 2.12. The number of aromatic amines is 1. The molecule has 4 nitrogen and oxygen atoms in total. The standard InChI is InChI=1S/C17H17N3O/c1-2-4-12-7-8-16(19-11-12)17(21)20-15-6-3-5-14-13(15)9-10-18-14/h3,5-11,18H,2,4H2,1H3,(H,20,21). The number of aryl methyl sites for hydroxylation is 1. The number of carbonyl (C=O) groups excluding carboxylic acids is 1. The molecule has 1 aromatic carbocycles. The number of fused-ring (bicyclic) bond motifs is 1. The third-order valence-electron chi connectivity index (χ3n) is 3.44. The average molecular weight is 279 g/mol. The Morgan fingerprint density at radius 2 is 2.14 bits per heavy atom. The SMILES string of the molecule is CCCc1ccc(C(=O)Nc2cccc3[nH]ccc23)nc1. The van der Waals surface area contributed by atoms with Gasteiger partial charge in [0.2, 0.25) is 0 Å². The van der Waals surface area contributed by atoms with E-state index in [9.17, 15) is 4.79 Å². The first-order valence-corrected chi connectivity index (χ1v) is 7.10. The summed E-state index contributed by atoms with van der Waals surface area (Å²) in [5.74, 6) is -0.188. The van der Waals surface area contributed by atoms with E-state index < -0.39 is 0 Å². The molecule has 0 unspecified atom stereocenters. The van der Waals surface area contributed by atoms with Crippen LogP contribution in [0.5, 0.6) is 0 Å². The number of nitrogens with one attached hydrogen (secondary N) is 2. The van der Waals surface area contributed by atoms with Gasteiger partial charge in [0.15, 0.2) is 0 Å². The summed E-state index contributed by atoms with van der Waals surface area (Å²) in [6.07, 6.45) is 5.69. The molecular formula is C17H17N3O. The molecule has 2 heterocycles. The molecule has 2 N–H and O–H groups in total. The number of benzene rings is 1. The van der Waals surface area contributed by atoms with Crippen molar-refractivity contribution in [1.82, 2.24) is 9.97 Å². The molecule has 0 aliphatic heterocycles. The Morgan fingerprint density at radius 3 is 2.90 bits per heavy atom. The molecule has 106 valence electrons. The third kappa shape index (κ3) is 2.79. The second-order valence-electron chi connectivity index (χ2n) is 5.00. The first kappa shape index (κ1) is 13.4. The molecule has 0 saturated carbocycles. The van der Waals surface area contributed by atoms with Crippen molar-refractivity contribution in [2.24, 2.45) is 0 Å². The van der Waals surface area contributed by atoms with Crippen molar-refractivity contribution >= 4 is 22.5 Å². The summed E-state index contributed by atoms with van der Waals surface area (Å²) in [7, 11) is 0. The van der Waals surface area contributed by atoms with E-state index in [1.54, 1.807) is 12.3 Å². The van der Waals surface area contributed by atoms with Gasteiger partial charge in [-0.15, -0.1) is 0 Å². The van der Waals surface area contributed by atoms with Crippen LogP contribution in [0.3, 0.4) is 0 Å². The first-order valence-electron chi connectivity index (χ1n) is 7.10. The number of hydrogen-bond donors (Lipinski definition) is 2. The lowest BCUT2D eigenvalue weighted by molar-refractivity contribution is 0.102. The van der Waals surface area contributed by atoms with E-state index in [1.165, 1.54) is 0 Å². The van der Waals surface area contributed by atoms with Crippen molar-refractivity contribution in [3.05, 3.63) is 60.0 Å². The second kappa shape index (κ2) is 5.79. The predicted octanol–water partition coefficient (Wildman–Crippen LogP) is 3.77. The molecule has 0 aliphatic carbocycles. The highest BCUT2D eigenvalue weighted by Gasteiger charge is 2.09. The maximum Gasteiger partial charge on any atom is 0.274 e. The van der Waals surface area contributed by atoms with Gasteiger partial charge in [-0.1, -0.05) is 25.5 Å². The van der Waals surface area contributed by atoms with Gasteiger partial charge in [0.05, 0.1) is 5.69 Å². The zero-order chi connectivity index (χ0) is 14.7. The minimum Gasteiger partial charge on any atom is -0.361 e. The van der Waals surface area contributed by atoms with Crippen LogP contribution in [0.2, 0.25) is 0 Å². The van der Waals surface area contributed by atoms with E-state index in [4.69, 9.17) is 0 Å². The maximum atomic E-state index is 12.3. The number of aromatic nitrogens is 2. The van der Waals surface area contributed by atoms with Crippen LogP contribution in [0.1, 0.15) is 29.4 Å². The number of hydrogen-bond acceptors (Lipinski definition) is 2. The highest BCUT2D eigenvalue weighted by Crippen LogP contribution is 2.22. The van der Waals surface area contributed by atoms with Crippen molar-refractivity contribution < 1.29 is 4.79 Å². The van der Waals surface area contributed by atoms with Gasteiger partial charge in [0.1, 0.15) is 5.69 Å². The normalized spacial score (nSPS) is 10.7. The quantitative estimate of drug-likeness (QED) is 0.763. The highest BCUT2D eigenvalue weighted by atomic mass is 16.1. The van der Waals surface area contributed by atoms with Gasteiger partial charge in [0.25, 0.3) is 5.91 Å². The molecule has 2 aromatic heterocycles. The van der Waals surface area contributed by atoms with Gasteiger partial charge in [-0.3, -0.25) is 9.78 Å². The number of nitrogens with zero attached hydrogens (tertiary/aromatic N) is 1. The van der Waals surface area contributed by atoms with Gasteiger partial charge in [-0.25, -0.2) is 0 Å². The topological polar surface area (TPSA) is 57.8 Å². The van der Waals surface area contributed by atoms with Crippen LogP contribution >= 0.6 is 0 Å². The number of pyridine rings is 1. The Morgan fingerprint density at radius 1 is 1.24 bits per heavy atom. The summed E-state index contributed by atoms with van der Waals surface area (Å²) < 4.78 is 0.